The fourth-order valence-electron chi connectivity index (χ4n) is 3.24. The number of hydrogen-bond acceptors (Lipinski definition) is 1. The molecule has 0 aromatic heterocycles. The van der Waals surface area contributed by atoms with Crippen LogP contribution in [-0.2, 0) is 0 Å². The van der Waals surface area contributed by atoms with Gasteiger partial charge in [0, 0.05) is 17.8 Å². The summed E-state index contributed by atoms with van der Waals surface area (Å²) in [6.07, 6.45) is 1.96. The molecule has 0 saturated heterocycles. The molecule has 0 unspecified atom stereocenters. The van der Waals surface area contributed by atoms with Gasteiger partial charge < -0.3 is 4.90 Å². The Morgan fingerprint density at radius 3 is 2.16 bits per heavy atom. The molecule has 25 heavy (non-hydrogen) atoms. The Kier molecular flexibility index (Phi) is 4.58. The predicted octanol–water partition coefficient (Wildman–Crippen LogP) is 5.94. The maximum Gasteiger partial charge on any atom is 0.135 e. The summed E-state index contributed by atoms with van der Waals surface area (Å²) in [5.41, 5.74) is 4.55. The van der Waals surface area contributed by atoms with Crippen molar-refractivity contribution < 1.29 is 8.78 Å². The average Bonchev–Trinajstić information content (AvgIpc) is 2.58. The first-order valence-corrected chi connectivity index (χ1v) is 8.34. The zero-order chi connectivity index (χ0) is 18.1. The van der Waals surface area contributed by atoms with Crippen molar-refractivity contribution in [3.63, 3.8) is 0 Å². The summed E-state index contributed by atoms with van der Waals surface area (Å²) in [7, 11) is 0. The molecule has 0 spiro atoms. The Labute approximate surface area is 147 Å². The summed E-state index contributed by atoms with van der Waals surface area (Å²) in [5, 5.41) is 0. The molecule has 0 N–H and O–H groups in total. The molecule has 128 valence electrons. The molecule has 1 heterocycles. The predicted molar refractivity (Wildman–Crippen MR) is 99.6 cm³/mol. The van der Waals surface area contributed by atoms with Gasteiger partial charge in [-0.05, 0) is 55.7 Å². The van der Waals surface area contributed by atoms with Crippen molar-refractivity contribution in [2.24, 2.45) is 0 Å². The summed E-state index contributed by atoms with van der Waals surface area (Å²) in [4.78, 5) is 1.88. The molecule has 0 fully saturated rings. The van der Waals surface area contributed by atoms with Gasteiger partial charge in [-0.15, -0.1) is 0 Å². The maximum absolute atomic E-state index is 14.8. The van der Waals surface area contributed by atoms with Crippen molar-refractivity contribution in [3.8, 4) is 0 Å². The van der Waals surface area contributed by atoms with Gasteiger partial charge in [-0.1, -0.05) is 36.9 Å². The van der Waals surface area contributed by atoms with Crippen LogP contribution in [0.15, 0.2) is 66.4 Å². The molecule has 0 aliphatic carbocycles. The number of aryl methyl sites for hydroxylation is 1. The van der Waals surface area contributed by atoms with Crippen LogP contribution in [-0.4, -0.2) is 11.4 Å². The lowest BCUT2D eigenvalue weighted by Crippen LogP contribution is -2.26. The van der Waals surface area contributed by atoms with Gasteiger partial charge in [-0.3, -0.25) is 0 Å². The lowest BCUT2D eigenvalue weighted by atomic mass is 9.91. The standard InChI is InChI=1S/C22H21F2N/c1-5-25-16(4)15(3)13-18(17-9-7-6-8-10-17)22(25)21-19(23)11-14(2)12-20(21)24/h6-13H,4-5H2,1-3H3. The van der Waals surface area contributed by atoms with Crippen LogP contribution < -0.4 is 0 Å². The SMILES string of the molecule is C=C1C(C)=CC(c2ccccc2)=C(c2c(F)cc(C)cc2F)N1CC. The van der Waals surface area contributed by atoms with Gasteiger partial charge in [0.15, 0.2) is 0 Å². The van der Waals surface area contributed by atoms with E-state index in [1.807, 2.05) is 55.2 Å². The van der Waals surface area contributed by atoms with Crippen LogP contribution in [0.4, 0.5) is 8.78 Å². The second-order valence-electron chi connectivity index (χ2n) is 6.25. The second-order valence-corrected chi connectivity index (χ2v) is 6.25. The fourth-order valence-corrected chi connectivity index (χ4v) is 3.24. The van der Waals surface area contributed by atoms with Crippen LogP contribution >= 0.6 is 0 Å². The van der Waals surface area contributed by atoms with Crippen molar-refractivity contribution in [2.45, 2.75) is 20.8 Å². The molecule has 1 nitrogen and oxygen atoms in total. The molecule has 2 aromatic rings. The molecule has 1 aliphatic rings. The summed E-state index contributed by atoms with van der Waals surface area (Å²) < 4.78 is 29.5. The molecule has 0 amide bonds. The van der Waals surface area contributed by atoms with Crippen LogP contribution in [0.25, 0.3) is 11.3 Å². The third-order valence-corrected chi connectivity index (χ3v) is 4.49. The van der Waals surface area contributed by atoms with Crippen molar-refractivity contribution in [2.75, 3.05) is 6.54 Å². The summed E-state index contributed by atoms with van der Waals surface area (Å²) >= 11 is 0. The van der Waals surface area contributed by atoms with Gasteiger partial charge >= 0.3 is 0 Å². The molecule has 0 atom stereocenters. The number of halogens is 2. The minimum Gasteiger partial charge on any atom is -0.341 e. The maximum atomic E-state index is 14.8. The van der Waals surface area contributed by atoms with E-state index >= 15 is 0 Å². The highest BCUT2D eigenvalue weighted by Gasteiger charge is 2.28. The third kappa shape index (κ3) is 3.02. The highest BCUT2D eigenvalue weighted by molar-refractivity contribution is 5.98. The fraction of sp³-hybridized carbons (Fsp3) is 0.182. The first-order chi connectivity index (χ1) is 11.9. The van der Waals surface area contributed by atoms with Gasteiger partial charge in [-0.25, -0.2) is 8.78 Å². The highest BCUT2D eigenvalue weighted by Crippen LogP contribution is 2.40. The van der Waals surface area contributed by atoms with Crippen molar-refractivity contribution in [1.82, 2.24) is 4.90 Å². The van der Waals surface area contributed by atoms with Gasteiger partial charge in [0.25, 0.3) is 0 Å². The Balaban J connectivity index is 2.38. The molecule has 3 heteroatoms. The Morgan fingerprint density at radius 1 is 1.00 bits per heavy atom. The lowest BCUT2D eigenvalue weighted by Gasteiger charge is -2.34. The van der Waals surface area contributed by atoms with Crippen LogP contribution in [0.5, 0.6) is 0 Å². The molecular weight excluding hydrogens is 316 g/mol. The number of likely N-dealkylation sites (N-methyl/N-ethyl adjacent to an activating group) is 1. The van der Waals surface area contributed by atoms with Gasteiger partial charge in [0.2, 0.25) is 0 Å². The zero-order valence-electron chi connectivity index (χ0n) is 14.7. The van der Waals surface area contributed by atoms with E-state index in [0.717, 1.165) is 22.4 Å². The molecule has 0 bridgehead atoms. The topological polar surface area (TPSA) is 3.24 Å². The van der Waals surface area contributed by atoms with Gasteiger partial charge in [-0.2, -0.15) is 0 Å². The van der Waals surface area contributed by atoms with Crippen LogP contribution in [0, 0.1) is 18.6 Å². The minimum absolute atomic E-state index is 0.00352. The van der Waals surface area contributed by atoms with E-state index < -0.39 is 11.6 Å². The van der Waals surface area contributed by atoms with Crippen LogP contribution in [0.2, 0.25) is 0 Å². The Bertz CT molecular complexity index is 868. The van der Waals surface area contributed by atoms with E-state index in [2.05, 4.69) is 6.58 Å². The number of allylic oxidation sites excluding steroid dienone is 3. The normalized spacial score (nSPS) is 14.8. The lowest BCUT2D eigenvalue weighted by molar-refractivity contribution is 0.504. The smallest absolute Gasteiger partial charge is 0.135 e. The van der Waals surface area contributed by atoms with E-state index in [9.17, 15) is 8.78 Å². The quantitative estimate of drug-likeness (QED) is 0.670. The first kappa shape index (κ1) is 17.2. The number of rotatable bonds is 3. The number of benzene rings is 2. The van der Waals surface area contributed by atoms with E-state index in [4.69, 9.17) is 0 Å². The molecule has 0 radical (unpaired) electrons. The van der Waals surface area contributed by atoms with E-state index in [1.165, 1.54) is 12.1 Å². The zero-order valence-corrected chi connectivity index (χ0v) is 14.7. The van der Waals surface area contributed by atoms with E-state index in [0.29, 0.717) is 17.8 Å². The molecule has 3 rings (SSSR count). The Morgan fingerprint density at radius 2 is 1.60 bits per heavy atom. The summed E-state index contributed by atoms with van der Waals surface area (Å²) in [5.74, 6) is -1.11. The third-order valence-electron chi connectivity index (χ3n) is 4.49. The largest absolute Gasteiger partial charge is 0.341 e. The first-order valence-electron chi connectivity index (χ1n) is 8.34. The van der Waals surface area contributed by atoms with Crippen molar-refractivity contribution >= 4 is 11.3 Å². The molecule has 1 aliphatic heterocycles. The van der Waals surface area contributed by atoms with Gasteiger partial charge in [0.1, 0.15) is 11.6 Å². The molecular formula is C22H21F2N. The average molecular weight is 337 g/mol. The number of nitrogens with zero attached hydrogens (tertiary/aromatic N) is 1. The summed E-state index contributed by atoms with van der Waals surface area (Å²) in [6.45, 7) is 10.3. The summed E-state index contributed by atoms with van der Waals surface area (Å²) in [6, 6.07) is 12.4. The van der Waals surface area contributed by atoms with Crippen molar-refractivity contribution in [1.29, 1.82) is 0 Å². The highest BCUT2D eigenvalue weighted by atomic mass is 19.1. The minimum atomic E-state index is -0.555. The van der Waals surface area contributed by atoms with E-state index in [-0.39, 0.29) is 5.56 Å². The Hall–Kier alpha value is -2.68. The van der Waals surface area contributed by atoms with Gasteiger partial charge in [0.05, 0.1) is 11.3 Å². The number of hydrogen-bond donors (Lipinski definition) is 0. The van der Waals surface area contributed by atoms with Crippen LogP contribution in [0.3, 0.4) is 0 Å². The monoisotopic (exact) mass is 337 g/mol. The van der Waals surface area contributed by atoms with E-state index in [1.54, 1.807) is 6.92 Å². The van der Waals surface area contributed by atoms with Crippen LogP contribution in [0.1, 0.15) is 30.5 Å². The molecule has 2 aromatic carbocycles. The molecule has 0 saturated carbocycles. The van der Waals surface area contributed by atoms with Crippen molar-refractivity contribution in [3.05, 3.63) is 94.7 Å². The second kappa shape index (κ2) is 6.67.